The Morgan fingerprint density at radius 1 is 1.23 bits per heavy atom. The third kappa shape index (κ3) is 3.99. The number of aliphatic hydroxyl groups excluding tert-OH is 1. The van der Waals surface area contributed by atoms with Crippen molar-refractivity contribution in [3.63, 3.8) is 0 Å². The van der Waals surface area contributed by atoms with Crippen molar-refractivity contribution in [3.05, 3.63) is 39.8 Å². The maximum atomic E-state index is 9.25. The van der Waals surface area contributed by atoms with Crippen LogP contribution in [0, 0.1) is 0 Å². The quantitative estimate of drug-likeness (QED) is 0.787. The largest absolute Gasteiger partial charge is 0.396 e. The van der Waals surface area contributed by atoms with Crippen LogP contribution in [-0.4, -0.2) is 21.3 Å². The lowest BCUT2D eigenvalue weighted by molar-refractivity contribution is 0.294. The smallest absolute Gasteiger partial charge is 0.112 e. The van der Waals surface area contributed by atoms with E-state index in [1.165, 1.54) is 0 Å². The second kappa shape index (κ2) is 7.73. The van der Waals surface area contributed by atoms with Gasteiger partial charge in [-0.05, 0) is 31.0 Å². The zero-order valence-electron chi connectivity index (χ0n) is 12.9. The number of benzene rings is 1. The molecule has 0 aliphatic rings. The third-order valence-electron chi connectivity index (χ3n) is 3.27. The number of imidazole rings is 1. The van der Waals surface area contributed by atoms with Crippen LogP contribution in [0.15, 0.2) is 28.1 Å². The van der Waals surface area contributed by atoms with Gasteiger partial charge < -0.3 is 9.67 Å². The van der Waals surface area contributed by atoms with Crippen LogP contribution in [0.25, 0.3) is 0 Å². The van der Waals surface area contributed by atoms with E-state index in [4.69, 9.17) is 28.2 Å². The predicted molar refractivity (Wildman–Crippen MR) is 93.4 cm³/mol. The van der Waals surface area contributed by atoms with Crippen LogP contribution in [0.1, 0.15) is 38.2 Å². The van der Waals surface area contributed by atoms with E-state index in [1.54, 1.807) is 17.8 Å². The molecule has 3 nitrogen and oxygen atoms in total. The van der Waals surface area contributed by atoms with Gasteiger partial charge in [-0.2, -0.15) is 0 Å². The third-order valence-corrected chi connectivity index (χ3v) is 4.81. The fourth-order valence-electron chi connectivity index (χ4n) is 2.30. The van der Waals surface area contributed by atoms with Crippen molar-refractivity contribution in [2.45, 2.75) is 49.6 Å². The molecule has 0 saturated carbocycles. The number of hydrogen-bond acceptors (Lipinski definition) is 3. The van der Waals surface area contributed by atoms with Gasteiger partial charge in [0.25, 0.3) is 0 Å². The van der Waals surface area contributed by atoms with Crippen LogP contribution in [0.5, 0.6) is 0 Å². The highest BCUT2D eigenvalue weighted by atomic mass is 35.5. The lowest BCUT2D eigenvalue weighted by Crippen LogP contribution is -2.05. The summed E-state index contributed by atoms with van der Waals surface area (Å²) in [5, 5.41) is 11.6. The minimum Gasteiger partial charge on any atom is -0.396 e. The van der Waals surface area contributed by atoms with Crippen molar-refractivity contribution in [1.29, 1.82) is 0 Å². The molecule has 6 heteroatoms. The lowest BCUT2D eigenvalue weighted by Gasteiger charge is -2.11. The van der Waals surface area contributed by atoms with E-state index in [1.807, 2.05) is 12.1 Å². The fourth-order valence-corrected chi connectivity index (χ4v) is 4.28. The molecule has 1 N–H and O–H groups in total. The minimum absolute atomic E-state index is 0.0989. The first-order valence-corrected chi connectivity index (χ1v) is 8.87. The average molecular weight is 359 g/mol. The van der Waals surface area contributed by atoms with Crippen molar-refractivity contribution in [2.24, 2.45) is 0 Å². The molecule has 0 spiro atoms. The molecule has 0 aliphatic heterocycles. The lowest BCUT2D eigenvalue weighted by atomic mass is 10.1. The zero-order valence-corrected chi connectivity index (χ0v) is 15.3. The molecule has 2 rings (SSSR count). The molecule has 0 aliphatic carbocycles. The molecular formula is C16H20Cl2N2OS. The summed E-state index contributed by atoms with van der Waals surface area (Å²) in [6.07, 6.45) is 0.560. The highest BCUT2D eigenvalue weighted by Crippen LogP contribution is 2.37. The molecule has 0 unspecified atom stereocenters. The van der Waals surface area contributed by atoms with Gasteiger partial charge >= 0.3 is 0 Å². The van der Waals surface area contributed by atoms with Crippen molar-refractivity contribution >= 4 is 35.0 Å². The van der Waals surface area contributed by atoms with Crippen LogP contribution >= 0.6 is 35.0 Å². The summed E-state index contributed by atoms with van der Waals surface area (Å²) in [5.41, 5.74) is 1.05. The minimum atomic E-state index is 0.0989. The van der Waals surface area contributed by atoms with E-state index < -0.39 is 0 Å². The van der Waals surface area contributed by atoms with Crippen molar-refractivity contribution in [1.82, 2.24) is 9.55 Å². The number of hydrogen-bond donors (Lipinski definition) is 1. The van der Waals surface area contributed by atoms with Gasteiger partial charge in [0.15, 0.2) is 0 Å². The Bertz CT molecular complexity index is 636. The van der Waals surface area contributed by atoms with Crippen molar-refractivity contribution in [2.75, 3.05) is 6.61 Å². The molecule has 0 saturated heterocycles. The topological polar surface area (TPSA) is 38.0 Å². The highest BCUT2D eigenvalue weighted by molar-refractivity contribution is 7.99. The molecule has 1 aromatic heterocycles. The van der Waals surface area contributed by atoms with E-state index >= 15 is 0 Å². The van der Waals surface area contributed by atoms with Gasteiger partial charge in [-0.25, -0.2) is 4.98 Å². The number of rotatable bonds is 6. The Kier molecular flexibility index (Phi) is 6.21. The predicted octanol–water partition coefficient (Wildman–Crippen LogP) is 5.02. The Morgan fingerprint density at radius 3 is 2.36 bits per heavy atom. The molecule has 120 valence electrons. The molecular weight excluding hydrogens is 339 g/mol. The molecule has 0 radical (unpaired) electrons. The maximum absolute atomic E-state index is 9.25. The van der Waals surface area contributed by atoms with Gasteiger partial charge in [0, 0.05) is 27.9 Å². The van der Waals surface area contributed by atoms with Crippen LogP contribution in [0.4, 0.5) is 0 Å². The van der Waals surface area contributed by atoms with Gasteiger partial charge in [0.1, 0.15) is 10.9 Å². The zero-order chi connectivity index (χ0) is 16.3. The van der Waals surface area contributed by atoms with Crippen LogP contribution in [0.3, 0.4) is 0 Å². The summed E-state index contributed by atoms with van der Waals surface area (Å²) < 4.78 is 2.16. The standard InChI is InChI=1S/C16H20Cl2N2OS/c1-4-20-14(5-6-21)19-15(10(2)3)16(20)22-13-8-11(17)7-12(18)9-13/h7-10,21H,4-6H2,1-3H3. The van der Waals surface area contributed by atoms with Gasteiger partial charge in [-0.15, -0.1) is 0 Å². The maximum Gasteiger partial charge on any atom is 0.112 e. The van der Waals surface area contributed by atoms with Gasteiger partial charge in [-0.1, -0.05) is 48.8 Å². The van der Waals surface area contributed by atoms with Crippen LogP contribution < -0.4 is 0 Å². The van der Waals surface area contributed by atoms with Gasteiger partial charge in [0.05, 0.1) is 12.3 Å². The molecule has 22 heavy (non-hydrogen) atoms. The second-order valence-corrected chi connectivity index (χ2v) is 7.23. The fraction of sp³-hybridized carbons (Fsp3) is 0.438. The van der Waals surface area contributed by atoms with Gasteiger partial charge in [-0.3, -0.25) is 0 Å². The van der Waals surface area contributed by atoms with E-state index in [2.05, 4.69) is 25.3 Å². The molecule has 1 heterocycles. The Hall–Kier alpha value is -0.680. The summed E-state index contributed by atoms with van der Waals surface area (Å²) in [7, 11) is 0. The number of aliphatic hydroxyl groups is 1. The van der Waals surface area contributed by atoms with Crippen molar-refractivity contribution in [3.8, 4) is 0 Å². The summed E-state index contributed by atoms with van der Waals surface area (Å²) in [5.74, 6) is 1.23. The molecule has 0 atom stereocenters. The second-order valence-electron chi connectivity index (χ2n) is 5.30. The Morgan fingerprint density at radius 2 is 1.86 bits per heavy atom. The number of nitrogens with zero attached hydrogens (tertiary/aromatic N) is 2. The SMILES string of the molecule is CCn1c(CCO)nc(C(C)C)c1Sc1cc(Cl)cc(Cl)c1. The Labute approximate surface area is 145 Å². The van der Waals surface area contributed by atoms with E-state index in [0.717, 1.165) is 28.0 Å². The van der Waals surface area contributed by atoms with Gasteiger partial charge in [0.2, 0.25) is 0 Å². The summed E-state index contributed by atoms with van der Waals surface area (Å²) in [4.78, 5) is 5.72. The van der Waals surface area contributed by atoms with Crippen LogP contribution in [-0.2, 0) is 13.0 Å². The Balaban J connectivity index is 2.47. The molecule has 0 bridgehead atoms. The average Bonchev–Trinajstić information content (AvgIpc) is 2.76. The van der Waals surface area contributed by atoms with E-state index in [0.29, 0.717) is 22.4 Å². The summed E-state index contributed by atoms with van der Waals surface area (Å²) in [6, 6.07) is 5.53. The van der Waals surface area contributed by atoms with E-state index in [-0.39, 0.29) is 6.61 Å². The normalized spacial score (nSPS) is 11.4. The number of halogens is 2. The van der Waals surface area contributed by atoms with E-state index in [9.17, 15) is 5.11 Å². The summed E-state index contributed by atoms with van der Waals surface area (Å²) >= 11 is 13.8. The first kappa shape index (κ1) is 17.7. The first-order valence-electron chi connectivity index (χ1n) is 7.30. The first-order chi connectivity index (χ1) is 10.5. The summed E-state index contributed by atoms with van der Waals surface area (Å²) in [6.45, 7) is 7.25. The van der Waals surface area contributed by atoms with Crippen molar-refractivity contribution < 1.29 is 5.11 Å². The molecule has 0 fully saturated rings. The molecule has 0 amide bonds. The molecule has 2 aromatic rings. The van der Waals surface area contributed by atoms with Crippen LogP contribution in [0.2, 0.25) is 10.0 Å². The molecule has 1 aromatic carbocycles. The highest BCUT2D eigenvalue weighted by Gasteiger charge is 2.19. The monoisotopic (exact) mass is 358 g/mol. The number of aromatic nitrogens is 2.